The highest BCUT2D eigenvalue weighted by Gasteiger charge is 2.20. The van der Waals surface area contributed by atoms with Crippen molar-refractivity contribution < 1.29 is 4.74 Å². The molecular formula is C14H22N2O. The van der Waals surface area contributed by atoms with Crippen LogP contribution in [0.5, 0.6) is 5.75 Å². The molecule has 0 aliphatic heterocycles. The molecule has 0 aromatic heterocycles. The van der Waals surface area contributed by atoms with E-state index in [0.29, 0.717) is 6.54 Å². The van der Waals surface area contributed by atoms with Crippen LogP contribution in [-0.2, 0) is 0 Å². The van der Waals surface area contributed by atoms with Crippen molar-refractivity contribution in [1.29, 1.82) is 0 Å². The van der Waals surface area contributed by atoms with Crippen LogP contribution in [0, 0.1) is 5.92 Å². The summed E-state index contributed by atoms with van der Waals surface area (Å²) >= 11 is 0. The molecule has 94 valence electrons. The second-order valence-corrected chi connectivity index (χ2v) is 4.75. The van der Waals surface area contributed by atoms with Crippen molar-refractivity contribution in [3.8, 4) is 5.75 Å². The highest BCUT2D eigenvalue weighted by molar-refractivity contribution is 5.30. The third-order valence-corrected chi connectivity index (χ3v) is 3.37. The lowest BCUT2D eigenvalue weighted by atomic mass is 10.1. The molecule has 0 amide bonds. The smallest absolute Gasteiger partial charge is 0.119 e. The van der Waals surface area contributed by atoms with Gasteiger partial charge in [0.15, 0.2) is 0 Å². The van der Waals surface area contributed by atoms with E-state index in [1.807, 2.05) is 12.1 Å². The van der Waals surface area contributed by atoms with Crippen molar-refractivity contribution in [3.05, 3.63) is 29.8 Å². The Morgan fingerprint density at radius 3 is 2.94 bits per heavy atom. The van der Waals surface area contributed by atoms with Crippen molar-refractivity contribution in [2.75, 3.05) is 20.2 Å². The molecule has 3 nitrogen and oxygen atoms in total. The topological polar surface area (TPSA) is 47.3 Å². The molecule has 1 atom stereocenters. The van der Waals surface area contributed by atoms with E-state index in [4.69, 9.17) is 10.5 Å². The molecule has 1 aliphatic rings. The standard InChI is InChI=1S/C14H22N2O/c1-17-13-4-2-3-12(9-13)14(10-15)16-8-7-11-5-6-11/h2-4,9,11,14,16H,5-8,10,15H2,1H3. The van der Waals surface area contributed by atoms with Gasteiger partial charge in [0.2, 0.25) is 0 Å². The minimum atomic E-state index is 0.240. The van der Waals surface area contributed by atoms with E-state index >= 15 is 0 Å². The first-order valence-corrected chi connectivity index (χ1v) is 6.41. The van der Waals surface area contributed by atoms with Crippen LogP contribution in [0.1, 0.15) is 30.9 Å². The lowest BCUT2D eigenvalue weighted by Crippen LogP contribution is -2.29. The van der Waals surface area contributed by atoms with Crippen LogP contribution in [0.25, 0.3) is 0 Å². The van der Waals surface area contributed by atoms with Gasteiger partial charge in [0.25, 0.3) is 0 Å². The van der Waals surface area contributed by atoms with Crippen LogP contribution < -0.4 is 15.8 Å². The number of hydrogen-bond donors (Lipinski definition) is 2. The monoisotopic (exact) mass is 234 g/mol. The van der Waals surface area contributed by atoms with Gasteiger partial charge < -0.3 is 15.8 Å². The van der Waals surface area contributed by atoms with Crippen molar-refractivity contribution in [1.82, 2.24) is 5.32 Å². The fourth-order valence-electron chi connectivity index (χ4n) is 2.06. The highest BCUT2D eigenvalue weighted by Crippen LogP contribution is 2.32. The van der Waals surface area contributed by atoms with Crippen molar-refractivity contribution in [3.63, 3.8) is 0 Å². The number of nitrogens with two attached hydrogens (primary N) is 1. The average molecular weight is 234 g/mol. The Bertz CT molecular complexity index is 350. The molecule has 0 spiro atoms. The van der Waals surface area contributed by atoms with E-state index < -0.39 is 0 Å². The fourth-order valence-corrected chi connectivity index (χ4v) is 2.06. The van der Waals surface area contributed by atoms with Gasteiger partial charge in [-0.15, -0.1) is 0 Å². The van der Waals surface area contributed by atoms with Crippen LogP contribution >= 0.6 is 0 Å². The summed E-state index contributed by atoms with van der Waals surface area (Å²) in [4.78, 5) is 0. The first-order chi connectivity index (χ1) is 8.33. The van der Waals surface area contributed by atoms with Gasteiger partial charge in [-0.2, -0.15) is 0 Å². The Morgan fingerprint density at radius 1 is 1.47 bits per heavy atom. The van der Waals surface area contributed by atoms with Crippen LogP contribution in [0.2, 0.25) is 0 Å². The molecule has 17 heavy (non-hydrogen) atoms. The molecule has 1 aromatic rings. The Kier molecular flexibility index (Phi) is 4.40. The van der Waals surface area contributed by atoms with Crippen LogP contribution in [0.15, 0.2) is 24.3 Å². The van der Waals surface area contributed by atoms with Gasteiger partial charge in [0.05, 0.1) is 7.11 Å². The number of ether oxygens (including phenoxy) is 1. The minimum Gasteiger partial charge on any atom is -0.497 e. The van der Waals surface area contributed by atoms with E-state index in [-0.39, 0.29) is 6.04 Å². The zero-order chi connectivity index (χ0) is 12.1. The molecule has 3 N–H and O–H groups in total. The van der Waals surface area contributed by atoms with Gasteiger partial charge in [-0.3, -0.25) is 0 Å². The summed E-state index contributed by atoms with van der Waals surface area (Å²) in [6.07, 6.45) is 4.10. The third kappa shape index (κ3) is 3.72. The maximum atomic E-state index is 5.83. The lowest BCUT2D eigenvalue weighted by Gasteiger charge is -2.17. The molecule has 1 aromatic carbocycles. The van der Waals surface area contributed by atoms with Crippen molar-refractivity contribution in [2.24, 2.45) is 11.7 Å². The molecule has 3 heteroatoms. The predicted molar refractivity (Wildman–Crippen MR) is 70.1 cm³/mol. The maximum Gasteiger partial charge on any atom is 0.119 e. The van der Waals surface area contributed by atoms with Crippen LogP contribution in [0.3, 0.4) is 0 Å². The first kappa shape index (κ1) is 12.4. The van der Waals surface area contributed by atoms with E-state index in [1.54, 1.807) is 7.11 Å². The second-order valence-electron chi connectivity index (χ2n) is 4.75. The quantitative estimate of drug-likeness (QED) is 0.759. The summed E-state index contributed by atoms with van der Waals surface area (Å²) in [5, 5.41) is 3.53. The Hall–Kier alpha value is -1.06. The minimum absolute atomic E-state index is 0.240. The van der Waals surface area contributed by atoms with E-state index in [9.17, 15) is 0 Å². The van der Waals surface area contributed by atoms with Gasteiger partial charge in [0, 0.05) is 12.6 Å². The summed E-state index contributed by atoms with van der Waals surface area (Å²) in [6.45, 7) is 1.68. The lowest BCUT2D eigenvalue weighted by molar-refractivity contribution is 0.413. The Morgan fingerprint density at radius 2 is 2.29 bits per heavy atom. The average Bonchev–Trinajstić information content (AvgIpc) is 3.19. The molecule has 1 unspecified atom stereocenters. The normalized spacial score (nSPS) is 16.8. The molecule has 0 bridgehead atoms. The van der Waals surface area contributed by atoms with Gasteiger partial charge in [-0.05, 0) is 36.6 Å². The summed E-state index contributed by atoms with van der Waals surface area (Å²) in [7, 11) is 1.69. The Balaban J connectivity index is 1.89. The summed E-state index contributed by atoms with van der Waals surface area (Å²) in [5.41, 5.74) is 7.04. The molecule has 0 heterocycles. The highest BCUT2D eigenvalue weighted by atomic mass is 16.5. The van der Waals surface area contributed by atoms with Crippen molar-refractivity contribution in [2.45, 2.75) is 25.3 Å². The number of rotatable bonds is 7. The Labute approximate surface area is 103 Å². The first-order valence-electron chi connectivity index (χ1n) is 6.41. The number of benzene rings is 1. The van der Waals surface area contributed by atoms with Gasteiger partial charge in [-0.25, -0.2) is 0 Å². The molecular weight excluding hydrogens is 212 g/mol. The summed E-state index contributed by atoms with van der Waals surface area (Å²) in [5.74, 6) is 1.86. The zero-order valence-electron chi connectivity index (χ0n) is 10.5. The maximum absolute atomic E-state index is 5.83. The van der Waals surface area contributed by atoms with Gasteiger partial charge >= 0.3 is 0 Å². The summed E-state index contributed by atoms with van der Waals surface area (Å²) < 4.78 is 5.23. The molecule has 0 radical (unpaired) electrons. The fraction of sp³-hybridized carbons (Fsp3) is 0.571. The molecule has 1 aliphatic carbocycles. The zero-order valence-corrected chi connectivity index (χ0v) is 10.5. The van der Waals surface area contributed by atoms with Crippen molar-refractivity contribution >= 4 is 0 Å². The predicted octanol–water partition coefficient (Wildman–Crippen LogP) is 2.08. The number of hydrogen-bond acceptors (Lipinski definition) is 3. The molecule has 1 saturated carbocycles. The van der Waals surface area contributed by atoms with E-state index in [1.165, 1.54) is 24.8 Å². The largest absolute Gasteiger partial charge is 0.497 e. The number of methoxy groups -OCH3 is 1. The van der Waals surface area contributed by atoms with Crippen LogP contribution in [0.4, 0.5) is 0 Å². The van der Waals surface area contributed by atoms with E-state index in [0.717, 1.165) is 18.2 Å². The second kappa shape index (κ2) is 6.03. The van der Waals surface area contributed by atoms with Crippen LogP contribution in [-0.4, -0.2) is 20.2 Å². The molecule has 1 fully saturated rings. The van der Waals surface area contributed by atoms with Gasteiger partial charge in [0.1, 0.15) is 5.75 Å². The summed E-state index contributed by atoms with van der Waals surface area (Å²) in [6, 6.07) is 8.37. The molecule has 0 saturated heterocycles. The van der Waals surface area contributed by atoms with Gasteiger partial charge in [-0.1, -0.05) is 25.0 Å². The SMILES string of the molecule is COc1cccc(C(CN)NCCC2CC2)c1. The third-order valence-electron chi connectivity index (χ3n) is 3.37. The molecule has 2 rings (SSSR count). The van der Waals surface area contributed by atoms with E-state index in [2.05, 4.69) is 17.4 Å². The number of nitrogens with one attached hydrogen (secondary N) is 1.